The zero-order valence-corrected chi connectivity index (χ0v) is 9.83. The molecule has 0 aliphatic carbocycles. The van der Waals surface area contributed by atoms with Gasteiger partial charge in [-0.15, -0.1) is 6.58 Å². The van der Waals surface area contributed by atoms with Gasteiger partial charge in [-0.25, -0.2) is 0 Å². The van der Waals surface area contributed by atoms with Crippen molar-refractivity contribution in [2.45, 2.75) is 38.1 Å². The van der Waals surface area contributed by atoms with Crippen molar-refractivity contribution < 1.29 is 0 Å². The third-order valence-electron chi connectivity index (χ3n) is 3.85. The smallest absolute Gasteiger partial charge is 0.0160 e. The summed E-state index contributed by atoms with van der Waals surface area (Å²) in [5.41, 5.74) is 0. The van der Waals surface area contributed by atoms with E-state index >= 15 is 0 Å². The molecule has 0 spiro atoms. The summed E-state index contributed by atoms with van der Waals surface area (Å²) in [6.07, 6.45) is 9.06. The van der Waals surface area contributed by atoms with Crippen molar-refractivity contribution in [3.63, 3.8) is 0 Å². The summed E-state index contributed by atoms with van der Waals surface area (Å²) in [6, 6.07) is 0.881. The molecule has 2 heteroatoms. The third kappa shape index (κ3) is 3.05. The highest BCUT2D eigenvalue weighted by Gasteiger charge is 2.24. The summed E-state index contributed by atoms with van der Waals surface area (Å²) in [6.45, 7) is 10.1. The van der Waals surface area contributed by atoms with Gasteiger partial charge in [0, 0.05) is 12.6 Å². The normalized spacial score (nSPS) is 26.7. The molecule has 2 rings (SSSR count). The minimum Gasteiger partial charge on any atom is -0.300 e. The Hall–Kier alpha value is -0.340. The molecule has 0 amide bonds. The Morgan fingerprint density at radius 1 is 1.00 bits per heavy atom. The summed E-state index contributed by atoms with van der Waals surface area (Å²) < 4.78 is 0. The Labute approximate surface area is 93.9 Å². The average Bonchev–Trinajstić information content (AvgIpc) is 2.32. The minimum absolute atomic E-state index is 0.881. The van der Waals surface area contributed by atoms with Crippen molar-refractivity contribution in [3.05, 3.63) is 12.7 Å². The van der Waals surface area contributed by atoms with E-state index in [0.717, 1.165) is 12.6 Å². The van der Waals surface area contributed by atoms with Crippen molar-refractivity contribution in [3.8, 4) is 0 Å². The maximum Gasteiger partial charge on any atom is 0.0160 e. The van der Waals surface area contributed by atoms with E-state index in [9.17, 15) is 0 Å². The molecule has 2 fully saturated rings. The topological polar surface area (TPSA) is 6.48 Å². The van der Waals surface area contributed by atoms with Gasteiger partial charge >= 0.3 is 0 Å². The van der Waals surface area contributed by atoms with Gasteiger partial charge in [0.05, 0.1) is 0 Å². The highest BCUT2D eigenvalue weighted by atomic mass is 15.2. The van der Waals surface area contributed by atoms with Crippen LogP contribution < -0.4 is 0 Å². The third-order valence-corrected chi connectivity index (χ3v) is 3.85. The number of nitrogens with zero attached hydrogens (tertiary/aromatic N) is 2. The standard InChI is InChI=1S/C13H24N2/c1-2-8-14-11-6-13(7-12-14)15-9-4-3-5-10-15/h2,13H,1,3-12H2. The number of likely N-dealkylation sites (tertiary alicyclic amines) is 2. The Bertz CT molecular complexity index is 189. The van der Waals surface area contributed by atoms with Crippen molar-refractivity contribution in [2.24, 2.45) is 0 Å². The highest BCUT2D eigenvalue weighted by Crippen LogP contribution is 2.20. The zero-order valence-electron chi connectivity index (χ0n) is 9.83. The molecule has 0 N–H and O–H groups in total. The molecule has 2 heterocycles. The van der Waals surface area contributed by atoms with Crippen LogP contribution in [0.2, 0.25) is 0 Å². The van der Waals surface area contributed by atoms with Crippen LogP contribution in [0.5, 0.6) is 0 Å². The van der Waals surface area contributed by atoms with E-state index in [-0.39, 0.29) is 0 Å². The van der Waals surface area contributed by atoms with Crippen LogP contribution in [0.3, 0.4) is 0 Å². The van der Waals surface area contributed by atoms with Gasteiger partial charge in [-0.05, 0) is 51.9 Å². The van der Waals surface area contributed by atoms with Crippen LogP contribution in [0.15, 0.2) is 12.7 Å². The maximum absolute atomic E-state index is 3.81. The predicted molar refractivity (Wildman–Crippen MR) is 65.1 cm³/mol. The lowest BCUT2D eigenvalue weighted by Crippen LogP contribution is -2.46. The van der Waals surface area contributed by atoms with Crippen LogP contribution in [-0.2, 0) is 0 Å². The van der Waals surface area contributed by atoms with Gasteiger partial charge in [-0.3, -0.25) is 4.90 Å². The van der Waals surface area contributed by atoms with Crippen molar-refractivity contribution in [1.29, 1.82) is 0 Å². The number of piperidine rings is 2. The molecule has 0 atom stereocenters. The highest BCUT2D eigenvalue weighted by molar-refractivity contribution is 4.84. The second-order valence-corrected chi connectivity index (χ2v) is 4.92. The fraction of sp³-hybridized carbons (Fsp3) is 0.846. The van der Waals surface area contributed by atoms with E-state index in [4.69, 9.17) is 0 Å². The van der Waals surface area contributed by atoms with E-state index in [1.54, 1.807) is 0 Å². The second kappa shape index (κ2) is 5.66. The Balaban J connectivity index is 1.74. The van der Waals surface area contributed by atoms with Gasteiger partial charge in [0.15, 0.2) is 0 Å². The first-order valence-electron chi connectivity index (χ1n) is 6.47. The van der Waals surface area contributed by atoms with Gasteiger partial charge in [0.2, 0.25) is 0 Å². The average molecular weight is 208 g/mol. The molecular weight excluding hydrogens is 184 g/mol. The lowest BCUT2D eigenvalue weighted by molar-refractivity contribution is 0.0974. The molecule has 2 aliphatic heterocycles. The predicted octanol–water partition coefficient (Wildman–Crippen LogP) is 2.12. The van der Waals surface area contributed by atoms with E-state index in [2.05, 4.69) is 16.4 Å². The molecule has 2 nitrogen and oxygen atoms in total. The molecule has 0 aromatic carbocycles. The summed E-state index contributed by atoms with van der Waals surface area (Å²) in [5.74, 6) is 0. The van der Waals surface area contributed by atoms with E-state index < -0.39 is 0 Å². The van der Waals surface area contributed by atoms with Crippen LogP contribution >= 0.6 is 0 Å². The van der Waals surface area contributed by atoms with Crippen LogP contribution in [0.1, 0.15) is 32.1 Å². The lowest BCUT2D eigenvalue weighted by Gasteiger charge is -2.40. The van der Waals surface area contributed by atoms with Crippen LogP contribution in [0.25, 0.3) is 0 Å². The second-order valence-electron chi connectivity index (χ2n) is 4.92. The summed E-state index contributed by atoms with van der Waals surface area (Å²) >= 11 is 0. The van der Waals surface area contributed by atoms with E-state index in [0.29, 0.717) is 0 Å². The van der Waals surface area contributed by atoms with E-state index in [1.165, 1.54) is 58.3 Å². The first kappa shape index (κ1) is 11.2. The molecule has 0 aromatic rings. The zero-order chi connectivity index (χ0) is 10.5. The molecular formula is C13H24N2. The van der Waals surface area contributed by atoms with Crippen molar-refractivity contribution in [1.82, 2.24) is 9.80 Å². The van der Waals surface area contributed by atoms with Crippen LogP contribution in [0, 0.1) is 0 Å². The SMILES string of the molecule is C=CCN1CCC(N2CCCCC2)CC1. The largest absolute Gasteiger partial charge is 0.300 e. The van der Waals surface area contributed by atoms with E-state index in [1.807, 2.05) is 6.08 Å². The number of hydrogen-bond acceptors (Lipinski definition) is 2. The number of hydrogen-bond donors (Lipinski definition) is 0. The molecule has 15 heavy (non-hydrogen) atoms. The van der Waals surface area contributed by atoms with Crippen molar-refractivity contribution >= 4 is 0 Å². The molecule has 2 saturated heterocycles. The molecule has 86 valence electrons. The van der Waals surface area contributed by atoms with Gasteiger partial charge in [0.1, 0.15) is 0 Å². The Morgan fingerprint density at radius 2 is 1.67 bits per heavy atom. The molecule has 0 aromatic heterocycles. The van der Waals surface area contributed by atoms with Gasteiger partial charge in [0.25, 0.3) is 0 Å². The Kier molecular flexibility index (Phi) is 4.21. The molecule has 0 saturated carbocycles. The fourth-order valence-electron chi connectivity index (χ4n) is 2.93. The van der Waals surface area contributed by atoms with Crippen molar-refractivity contribution in [2.75, 3.05) is 32.7 Å². The maximum atomic E-state index is 3.81. The summed E-state index contributed by atoms with van der Waals surface area (Å²) in [7, 11) is 0. The fourth-order valence-corrected chi connectivity index (χ4v) is 2.93. The summed E-state index contributed by atoms with van der Waals surface area (Å²) in [4.78, 5) is 5.25. The monoisotopic (exact) mass is 208 g/mol. The number of rotatable bonds is 3. The molecule has 0 bridgehead atoms. The lowest BCUT2D eigenvalue weighted by atomic mass is 10.00. The van der Waals surface area contributed by atoms with Gasteiger partial charge in [-0.1, -0.05) is 12.5 Å². The molecule has 0 radical (unpaired) electrons. The Morgan fingerprint density at radius 3 is 2.27 bits per heavy atom. The first-order valence-corrected chi connectivity index (χ1v) is 6.47. The summed E-state index contributed by atoms with van der Waals surface area (Å²) in [5, 5.41) is 0. The van der Waals surface area contributed by atoms with Gasteiger partial charge in [-0.2, -0.15) is 0 Å². The van der Waals surface area contributed by atoms with Crippen LogP contribution in [0.4, 0.5) is 0 Å². The molecule has 2 aliphatic rings. The molecule has 0 unspecified atom stereocenters. The van der Waals surface area contributed by atoms with Crippen LogP contribution in [-0.4, -0.2) is 48.6 Å². The quantitative estimate of drug-likeness (QED) is 0.656. The first-order chi connectivity index (χ1) is 7.40. The van der Waals surface area contributed by atoms with Gasteiger partial charge < -0.3 is 4.90 Å². The minimum atomic E-state index is 0.881.